The predicted octanol–water partition coefficient (Wildman–Crippen LogP) is 3.50. The molecule has 1 amide bonds. The summed E-state index contributed by atoms with van der Waals surface area (Å²) in [7, 11) is 0. The van der Waals surface area contributed by atoms with E-state index in [0.29, 0.717) is 0 Å². The maximum absolute atomic E-state index is 13.1. The summed E-state index contributed by atoms with van der Waals surface area (Å²) in [5.41, 5.74) is 0.813. The van der Waals surface area contributed by atoms with Gasteiger partial charge in [-0.25, -0.2) is 4.39 Å². The Kier molecular flexibility index (Phi) is 5.42. The van der Waals surface area contributed by atoms with Crippen molar-refractivity contribution < 1.29 is 9.18 Å². The van der Waals surface area contributed by atoms with Crippen LogP contribution < -0.4 is 5.32 Å². The van der Waals surface area contributed by atoms with Crippen LogP contribution in [-0.4, -0.2) is 28.4 Å². The number of nitrogens with one attached hydrogen (secondary N) is 1. The number of hydrogen-bond donors (Lipinski definition) is 1. The lowest BCUT2D eigenvalue weighted by Gasteiger charge is -2.23. The number of halogens is 2. The van der Waals surface area contributed by atoms with Crippen LogP contribution in [0.3, 0.4) is 0 Å². The van der Waals surface area contributed by atoms with E-state index in [2.05, 4.69) is 5.32 Å². The first kappa shape index (κ1) is 15.0. The molecule has 1 aliphatic rings. The Morgan fingerprint density at radius 1 is 1.53 bits per heavy atom. The fourth-order valence-electron chi connectivity index (χ4n) is 1.81. The quantitative estimate of drug-likeness (QED) is 0.924. The van der Waals surface area contributed by atoms with Crippen LogP contribution in [0.5, 0.6) is 0 Å². The van der Waals surface area contributed by atoms with Crippen LogP contribution in [0.4, 0.5) is 4.39 Å². The zero-order chi connectivity index (χ0) is 13.8. The first-order chi connectivity index (χ1) is 9.08. The molecule has 0 saturated carbocycles. The van der Waals surface area contributed by atoms with Crippen molar-refractivity contribution in [3.63, 3.8) is 0 Å². The highest BCUT2D eigenvalue weighted by Crippen LogP contribution is 2.25. The van der Waals surface area contributed by atoms with Crippen LogP contribution in [-0.2, 0) is 4.79 Å². The van der Waals surface area contributed by atoms with Gasteiger partial charge in [0.05, 0.1) is 16.3 Å². The van der Waals surface area contributed by atoms with Crippen molar-refractivity contribution in [1.82, 2.24) is 5.32 Å². The molecule has 1 fully saturated rings. The first-order valence-corrected chi connectivity index (χ1v) is 8.60. The lowest BCUT2D eigenvalue weighted by molar-refractivity contribution is -0.120. The SMILES string of the molecule is C[C@@H](NC(=O)[C@@H]1CSCCS1)c1ccc(F)c(Cl)c1. The molecule has 0 unspecified atom stereocenters. The summed E-state index contributed by atoms with van der Waals surface area (Å²) >= 11 is 9.25. The lowest BCUT2D eigenvalue weighted by Crippen LogP contribution is -2.37. The molecule has 1 saturated heterocycles. The molecular formula is C13H15ClFNOS2. The molecule has 2 rings (SSSR count). The standard InChI is InChI=1S/C13H15ClFNOS2/c1-8(9-2-3-11(15)10(14)6-9)16-13(17)12-7-18-4-5-19-12/h2-3,6,8,12H,4-5,7H2,1H3,(H,16,17)/t8-,12+/m1/s1. The van der Waals surface area contributed by atoms with Gasteiger partial charge in [-0.1, -0.05) is 17.7 Å². The van der Waals surface area contributed by atoms with E-state index in [9.17, 15) is 9.18 Å². The van der Waals surface area contributed by atoms with E-state index in [1.165, 1.54) is 6.07 Å². The number of rotatable bonds is 3. The predicted molar refractivity (Wildman–Crippen MR) is 81.5 cm³/mol. The van der Waals surface area contributed by atoms with Crippen molar-refractivity contribution in [2.24, 2.45) is 0 Å². The van der Waals surface area contributed by atoms with Gasteiger partial charge >= 0.3 is 0 Å². The second kappa shape index (κ2) is 6.86. The normalized spacial score (nSPS) is 20.9. The minimum atomic E-state index is -0.442. The fourth-order valence-corrected chi connectivity index (χ4v) is 4.57. The average molecular weight is 320 g/mol. The summed E-state index contributed by atoms with van der Waals surface area (Å²) in [6.07, 6.45) is 0. The molecule has 2 nitrogen and oxygen atoms in total. The van der Waals surface area contributed by atoms with E-state index in [1.54, 1.807) is 35.7 Å². The van der Waals surface area contributed by atoms with Crippen molar-refractivity contribution in [3.05, 3.63) is 34.6 Å². The minimum absolute atomic E-state index is 0.0112. The summed E-state index contributed by atoms with van der Waals surface area (Å²) < 4.78 is 13.1. The zero-order valence-corrected chi connectivity index (χ0v) is 12.9. The van der Waals surface area contributed by atoms with Crippen molar-refractivity contribution in [2.45, 2.75) is 18.2 Å². The monoisotopic (exact) mass is 319 g/mol. The summed E-state index contributed by atoms with van der Waals surface area (Å²) in [6.45, 7) is 1.88. The van der Waals surface area contributed by atoms with Gasteiger partial charge in [-0.05, 0) is 24.6 Å². The molecule has 0 aromatic heterocycles. The fraction of sp³-hybridized carbons (Fsp3) is 0.462. The average Bonchev–Trinajstić information content (AvgIpc) is 2.42. The maximum Gasteiger partial charge on any atom is 0.234 e. The van der Waals surface area contributed by atoms with Gasteiger partial charge in [0.25, 0.3) is 0 Å². The number of carbonyl (C=O) groups excluding carboxylic acids is 1. The molecule has 2 atom stereocenters. The molecule has 6 heteroatoms. The summed E-state index contributed by atoms with van der Waals surface area (Å²) in [6, 6.07) is 4.36. The van der Waals surface area contributed by atoms with Crippen molar-refractivity contribution >= 4 is 41.0 Å². The van der Waals surface area contributed by atoms with Gasteiger partial charge in [-0.15, -0.1) is 11.8 Å². The van der Waals surface area contributed by atoms with Gasteiger partial charge < -0.3 is 5.32 Å². The largest absolute Gasteiger partial charge is 0.349 e. The van der Waals surface area contributed by atoms with Gasteiger partial charge in [0.2, 0.25) is 5.91 Å². The molecule has 19 heavy (non-hydrogen) atoms. The number of carbonyl (C=O) groups is 1. The van der Waals surface area contributed by atoms with E-state index >= 15 is 0 Å². The maximum atomic E-state index is 13.1. The lowest BCUT2D eigenvalue weighted by atomic mass is 10.1. The highest BCUT2D eigenvalue weighted by Gasteiger charge is 2.23. The summed E-state index contributed by atoms with van der Waals surface area (Å²) in [4.78, 5) is 12.1. The number of benzene rings is 1. The van der Waals surface area contributed by atoms with Gasteiger partial charge in [-0.2, -0.15) is 11.8 Å². The summed E-state index contributed by atoms with van der Waals surface area (Å²) in [5.74, 6) is 2.58. The number of amides is 1. The molecule has 1 N–H and O–H groups in total. The van der Waals surface area contributed by atoms with Crippen LogP contribution in [0.25, 0.3) is 0 Å². The van der Waals surface area contributed by atoms with Crippen LogP contribution >= 0.6 is 35.1 Å². The van der Waals surface area contributed by atoms with Crippen LogP contribution in [0.2, 0.25) is 5.02 Å². The molecule has 1 aromatic carbocycles. The Morgan fingerprint density at radius 3 is 2.95 bits per heavy atom. The highest BCUT2D eigenvalue weighted by atomic mass is 35.5. The Bertz CT molecular complexity index is 466. The Balaban J connectivity index is 1.97. The smallest absolute Gasteiger partial charge is 0.234 e. The van der Waals surface area contributed by atoms with Crippen molar-refractivity contribution in [3.8, 4) is 0 Å². The van der Waals surface area contributed by atoms with E-state index in [0.717, 1.165) is 22.8 Å². The van der Waals surface area contributed by atoms with E-state index < -0.39 is 5.82 Å². The minimum Gasteiger partial charge on any atom is -0.349 e. The molecule has 1 aliphatic heterocycles. The molecule has 0 aliphatic carbocycles. The molecule has 0 bridgehead atoms. The Morgan fingerprint density at radius 2 is 2.32 bits per heavy atom. The number of hydrogen-bond acceptors (Lipinski definition) is 3. The third-order valence-corrected chi connectivity index (χ3v) is 5.95. The van der Waals surface area contributed by atoms with E-state index in [1.807, 2.05) is 6.92 Å². The molecule has 1 heterocycles. The van der Waals surface area contributed by atoms with Crippen LogP contribution in [0.1, 0.15) is 18.5 Å². The topological polar surface area (TPSA) is 29.1 Å². The Labute approximate surface area is 125 Å². The number of thioether (sulfide) groups is 2. The van der Waals surface area contributed by atoms with Crippen molar-refractivity contribution in [2.75, 3.05) is 17.3 Å². The van der Waals surface area contributed by atoms with Gasteiger partial charge in [0, 0.05) is 17.3 Å². The molecule has 0 spiro atoms. The molecular weight excluding hydrogens is 305 g/mol. The van der Waals surface area contributed by atoms with Gasteiger partial charge in [0.15, 0.2) is 0 Å². The third kappa shape index (κ3) is 4.04. The van der Waals surface area contributed by atoms with E-state index in [4.69, 9.17) is 11.6 Å². The molecule has 104 valence electrons. The zero-order valence-electron chi connectivity index (χ0n) is 10.5. The van der Waals surface area contributed by atoms with Crippen LogP contribution in [0, 0.1) is 5.82 Å². The van der Waals surface area contributed by atoms with Crippen molar-refractivity contribution in [1.29, 1.82) is 0 Å². The second-order valence-corrected chi connectivity index (χ2v) is 7.21. The molecule has 0 radical (unpaired) electrons. The first-order valence-electron chi connectivity index (χ1n) is 6.02. The summed E-state index contributed by atoms with van der Waals surface area (Å²) in [5, 5.41) is 3.05. The van der Waals surface area contributed by atoms with Gasteiger partial charge in [0.1, 0.15) is 5.82 Å². The van der Waals surface area contributed by atoms with Gasteiger partial charge in [-0.3, -0.25) is 4.79 Å². The highest BCUT2D eigenvalue weighted by molar-refractivity contribution is 8.07. The second-order valence-electron chi connectivity index (χ2n) is 4.34. The Hall–Kier alpha value is -0.390. The van der Waals surface area contributed by atoms with Crippen LogP contribution in [0.15, 0.2) is 18.2 Å². The molecule has 1 aromatic rings. The van der Waals surface area contributed by atoms with E-state index in [-0.39, 0.29) is 22.2 Å². The third-order valence-electron chi connectivity index (χ3n) is 2.91.